The normalized spacial score (nSPS) is 27.2. The van der Waals surface area contributed by atoms with Gasteiger partial charge in [-0.15, -0.1) is 0 Å². The van der Waals surface area contributed by atoms with Gasteiger partial charge in [0.05, 0.1) is 0 Å². The Morgan fingerprint density at radius 1 is 1.33 bits per heavy atom. The van der Waals surface area contributed by atoms with Crippen molar-refractivity contribution in [2.45, 2.75) is 31.7 Å². The van der Waals surface area contributed by atoms with Gasteiger partial charge in [0.25, 0.3) is 0 Å². The lowest BCUT2D eigenvalue weighted by atomic mass is 9.77. The van der Waals surface area contributed by atoms with Gasteiger partial charge < -0.3 is 5.32 Å². The van der Waals surface area contributed by atoms with E-state index in [9.17, 15) is 0 Å². The molecular formula is C16H20N2. The number of hydrogen-bond donors (Lipinski definition) is 1. The highest BCUT2D eigenvalue weighted by Crippen LogP contribution is 2.35. The van der Waals surface area contributed by atoms with Crippen molar-refractivity contribution in [2.24, 2.45) is 5.92 Å². The van der Waals surface area contributed by atoms with E-state index in [-0.39, 0.29) is 0 Å². The number of nitrogens with zero attached hydrogens (tertiary/aromatic N) is 1. The van der Waals surface area contributed by atoms with Crippen LogP contribution in [0.1, 0.15) is 36.8 Å². The van der Waals surface area contributed by atoms with E-state index in [4.69, 9.17) is 0 Å². The van der Waals surface area contributed by atoms with Gasteiger partial charge >= 0.3 is 0 Å². The van der Waals surface area contributed by atoms with Gasteiger partial charge in [0.2, 0.25) is 0 Å². The summed E-state index contributed by atoms with van der Waals surface area (Å²) in [5, 5.41) is 3.69. The number of nitrogens with one attached hydrogen (secondary N) is 1. The van der Waals surface area contributed by atoms with Crippen LogP contribution in [0.25, 0.3) is 11.6 Å². The second-order valence-corrected chi connectivity index (χ2v) is 5.28. The van der Waals surface area contributed by atoms with Crippen LogP contribution in [0.5, 0.6) is 0 Å². The molecule has 2 atom stereocenters. The third-order valence-corrected chi connectivity index (χ3v) is 4.15. The van der Waals surface area contributed by atoms with E-state index in [1.54, 1.807) is 0 Å². The van der Waals surface area contributed by atoms with Crippen molar-refractivity contribution in [2.75, 3.05) is 6.54 Å². The molecule has 0 spiro atoms. The maximum absolute atomic E-state index is 4.33. The molecule has 1 N–H and O–H groups in total. The van der Waals surface area contributed by atoms with Crippen LogP contribution in [0.4, 0.5) is 0 Å². The van der Waals surface area contributed by atoms with Gasteiger partial charge in [0, 0.05) is 18.4 Å². The number of hydrogen-bond acceptors (Lipinski definition) is 2. The van der Waals surface area contributed by atoms with Crippen LogP contribution in [-0.2, 0) is 0 Å². The molecule has 1 fully saturated rings. The smallest absolute Gasteiger partial charge is 0.0352 e. The molecule has 0 radical (unpaired) electrons. The average Bonchev–Trinajstić information content (AvgIpc) is 2.47. The van der Waals surface area contributed by atoms with E-state index in [1.165, 1.54) is 36.8 Å². The Labute approximate surface area is 109 Å². The molecule has 0 saturated carbocycles. The van der Waals surface area contributed by atoms with Crippen molar-refractivity contribution in [3.63, 3.8) is 0 Å². The van der Waals surface area contributed by atoms with E-state index < -0.39 is 0 Å². The highest BCUT2D eigenvalue weighted by atomic mass is 14.9. The van der Waals surface area contributed by atoms with Crippen LogP contribution >= 0.6 is 0 Å². The van der Waals surface area contributed by atoms with Gasteiger partial charge in [-0.05, 0) is 60.9 Å². The Morgan fingerprint density at radius 2 is 2.28 bits per heavy atom. The Hall–Kier alpha value is -1.41. The second kappa shape index (κ2) is 5.07. The van der Waals surface area contributed by atoms with Crippen LogP contribution in [0.2, 0.25) is 0 Å². The largest absolute Gasteiger partial charge is 0.310 e. The summed E-state index contributed by atoms with van der Waals surface area (Å²) in [6.45, 7) is 4.97. The van der Waals surface area contributed by atoms with Crippen LogP contribution in [-0.4, -0.2) is 17.6 Å². The minimum absolute atomic E-state index is 0.536. The number of fused-ring (bicyclic) bond motifs is 1. The zero-order valence-corrected chi connectivity index (χ0v) is 10.7. The van der Waals surface area contributed by atoms with E-state index in [2.05, 4.69) is 29.0 Å². The molecule has 1 saturated heterocycles. The van der Waals surface area contributed by atoms with Crippen molar-refractivity contribution in [1.82, 2.24) is 10.3 Å². The first-order valence-electron chi connectivity index (χ1n) is 6.90. The van der Waals surface area contributed by atoms with Crippen molar-refractivity contribution in [3.05, 3.63) is 42.2 Å². The molecule has 3 rings (SSSR count). The summed E-state index contributed by atoms with van der Waals surface area (Å²) >= 11 is 0. The number of pyridine rings is 1. The molecule has 94 valence electrons. The number of allylic oxidation sites excluding steroid dienone is 1. The molecule has 1 aliphatic heterocycles. The highest BCUT2D eigenvalue weighted by Gasteiger charge is 2.30. The lowest BCUT2D eigenvalue weighted by Gasteiger charge is -2.37. The molecule has 2 nitrogen and oxygen atoms in total. The average molecular weight is 240 g/mol. The zero-order valence-electron chi connectivity index (χ0n) is 10.7. The lowest BCUT2D eigenvalue weighted by Crippen LogP contribution is -2.43. The summed E-state index contributed by atoms with van der Waals surface area (Å²) in [4.78, 5) is 4.33. The maximum Gasteiger partial charge on any atom is 0.0352 e. The summed E-state index contributed by atoms with van der Waals surface area (Å²) in [6, 6.07) is 2.74. The van der Waals surface area contributed by atoms with E-state index >= 15 is 0 Å². The fourth-order valence-electron chi connectivity index (χ4n) is 3.23. The van der Waals surface area contributed by atoms with Gasteiger partial charge in [0.15, 0.2) is 0 Å². The molecule has 2 heterocycles. The van der Waals surface area contributed by atoms with Crippen LogP contribution in [0.15, 0.2) is 31.1 Å². The molecule has 0 bridgehead atoms. The summed E-state index contributed by atoms with van der Waals surface area (Å²) < 4.78 is 0. The minimum atomic E-state index is 0.536. The van der Waals surface area contributed by atoms with Gasteiger partial charge in [0.1, 0.15) is 0 Å². The summed E-state index contributed by atoms with van der Waals surface area (Å²) in [7, 11) is 0. The summed E-state index contributed by atoms with van der Waals surface area (Å²) in [5.74, 6) is 0.811. The van der Waals surface area contributed by atoms with Gasteiger partial charge in [-0.3, -0.25) is 4.98 Å². The lowest BCUT2D eigenvalue weighted by molar-refractivity contribution is 0.304. The molecule has 0 unspecified atom stereocenters. The number of aromatic nitrogens is 1. The van der Waals surface area contributed by atoms with E-state index in [1.807, 2.05) is 18.5 Å². The molecular weight excluding hydrogens is 220 g/mol. The molecule has 1 aromatic heterocycles. The Kier molecular flexibility index (Phi) is 3.28. The van der Waals surface area contributed by atoms with Gasteiger partial charge in [-0.25, -0.2) is 0 Å². The first-order chi connectivity index (χ1) is 8.88. The predicted molar refractivity (Wildman–Crippen MR) is 76.1 cm³/mol. The van der Waals surface area contributed by atoms with Crippen LogP contribution < -0.4 is 5.32 Å². The SMILES string of the molecule is C=Cc1cncc(C2=CCC[C@H]3CCCN[C@@H]23)c1. The van der Waals surface area contributed by atoms with Crippen LogP contribution in [0.3, 0.4) is 0 Å². The third-order valence-electron chi connectivity index (χ3n) is 4.15. The van der Waals surface area contributed by atoms with Gasteiger partial charge in [-0.1, -0.05) is 18.7 Å². The Bertz CT molecular complexity index is 476. The first kappa shape index (κ1) is 11.7. The van der Waals surface area contributed by atoms with Crippen LogP contribution in [0, 0.1) is 5.92 Å². The fourth-order valence-corrected chi connectivity index (χ4v) is 3.23. The van der Waals surface area contributed by atoms with E-state index in [0.29, 0.717) is 6.04 Å². The maximum atomic E-state index is 4.33. The molecule has 0 aromatic carbocycles. The topological polar surface area (TPSA) is 24.9 Å². The molecule has 1 aromatic rings. The molecule has 1 aliphatic carbocycles. The summed E-state index contributed by atoms with van der Waals surface area (Å²) in [5.41, 5.74) is 3.81. The molecule has 18 heavy (non-hydrogen) atoms. The summed E-state index contributed by atoms with van der Waals surface area (Å²) in [6.07, 6.45) is 13.3. The molecule has 2 aliphatic rings. The number of rotatable bonds is 2. The van der Waals surface area contributed by atoms with Gasteiger partial charge in [-0.2, -0.15) is 0 Å². The zero-order chi connectivity index (χ0) is 12.4. The highest BCUT2D eigenvalue weighted by molar-refractivity contribution is 5.72. The van der Waals surface area contributed by atoms with Crippen molar-refractivity contribution >= 4 is 11.6 Å². The Morgan fingerprint density at radius 3 is 3.17 bits per heavy atom. The molecule has 0 amide bonds. The standard InChI is InChI=1S/C16H20N2/c1-2-12-9-14(11-17-10-12)15-7-3-5-13-6-4-8-18-16(13)15/h2,7,9-11,13,16,18H,1,3-6,8H2/t13-,16+/m0/s1. The quantitative estimate of drug-likeness (QED) is 0.858. The second-order valence-electron chi connectivity index (χ2n) is 5.28. The minimum Gasteiger partial charge on any atom is -0.310 e. The van der Waals surface area contributed by atoms with Crippen molar-refractivity contribution < 1.29 is 0 Å². The number of piperidine rings is 1. The Balaban J connectivity index is 1.93. The monoisotopic (exact) mass is 240 g/mol. The predicted octanol–water partition coefficient (Wildman–Crippen LogP) is 3.27. The fraction of sp³-hybridized carbons (Fsp3) is 0.438. The first-order valence-corrected chi connectivity index (χ1v) is 6.90. The molecule has 2 heteroatoms. The van der Waals surface area contributed by atoms with Crippen molar-refractivity contribution in [1.29, 1.82) is 0 Å². The third kappa shape index (κ3) is 2.13. The van der Waals surface area contributed by atoms with E-state index in [0.717, 1.165) is 18.0 Å². The van der Waals surface area contributed by atoms with Crippen molar-refractivity contribution in [3.8, 4) is 0 Å².